The Hall–Kier alpha value is -0.860. The van der Waals surface area contributed by atoms with Gasteiger partial charge < -0.3 is 4.74 Å². The van der Waals surface area contributed by atoms with Gasteiger partial charge in [0.15, 0.2) is 17.3 Å². The molecule has 0 fully saturated rings. The molecule has 1 aliphatic carbocycles. The van der Waals surface area contributed by atoms with E-state index in [1.807, 2.05) is 13.8 Å². The van der Waals surface area contributed by atoms with Crippen molar-refractivity contribution in [2.75, 3.05) is 7.11 Å². The van der Waals surface area contributed by atoms with Gasteiger partial charge in [0.25, 0.3) is 0 Å². The van der Waals surface area contributed by atoms with Crippen molar-refractivity contribution in [3.8, 4) is 0 Å². The summed E-state index contributed by atoms with van der Waals surface area (Å²) in [6.45, 7) is 5.17. The fraction of sp³-hybridized carbons (Fsp3) is 0.636. The van der Waals surface area contributed by atoms with Crippen LogP contribution in [0.2, 0.25) is 0 Å². The van der Waals surface area contributed by atoms with Crippen LogP contribution in [0.3, 0.4) is 0 Å². The number of hydrogen-bond donors (Lipinski definition) is 0. The first kappa shape index (κ1) is 11.2. The molecule has 0 saturated carbocycles. The monoisotopic (exact) mass is 202 g/mol. The average molecular weight is 202 g/mol. The minimum absolute atomic E-state index is 0.111. The third-order valence-corrected chi connectivity index (χ3v) is 2.66. The molecule has 2 unspecified atom stereocenters. The Morgan fingerprint density at radius 2 is 2.07 bits per heavy atom. The lowest BCUT2D eigenvalue weighted by molar-refractivity contribution is 0.0611. The van der Waals surface area contributed by atoms with Crippen molar-refractivity contribution in [1.29, 1.82) is 0 Å². The molecule has 0 aromatic rings. The average Bonchev–Trinajstić information content (AvgIpc) is 2.02. The Bertz CT molecular complexity index is 277. The summed E-state index contributed by atoms with van der Waals surface area (Å²) in [6, 6.07) is 0. The van der Waals surface area contributed by atoms with Crippen molar-refractivity contribution in [3.63, 3.8) is 0 Å². The lowest BCUT2D eigenvalue weighted by Crippen LogP contribution is -2.37. The predicted octanol–water partition coefficient (Wildman–Crippen LogP) is 3.38. The minimum Gasteiger partial charge on any atom is -0.495 e. The predicted molar refractivity (Wildman–Crippen MR) is 52.1 cm³/mol. The van der Waals surface area contributed by atoms with E-state index >= 15 is 0 Å². The second-order valence-electron chi connectivity index (χ2n) is 4.09. The number of rotatable bonds is 2. The molecule has 0 bridgehead atoms. The maximum atomic E-state index is 14.2. The highest BCUT2D eigenvalue weighted by Crippen LogP contribution is 2.41. The smallest absolute Gasteiger partial charge is 0.174 e. The largest absolute Gasteiger partial charge is 0.495 e. The van der Waals surface area contributed by atoms with Crippen LogP contribution in [-0.2, 0) is 4.74 Å². The summed E-state index contributed by atoms with van der Waals surface area (Å²) in [5.74, 6) is -1.04. The Balaban J connectivity index is 3.09. The molecule has 2 atom stereocenters. The van der Waals surface area contributed by atoms with Gasteiger partial charge in [-0.05, 0) is 18.9 Å². The fourth-order valence-corrected chi connectivity index (χ4v) is 1.97. The molecule has 3 heteroatoms. The van der Waals surface area contributed by atoms with Crippen LogP contribution in [0.4, 0.5) is 8.78 Å². The van der Waals surface area contributed by atoms with Gasteiger partial charge in [-0.3, -0.25) is 0 Å². The van der Waals surface area contributed by atoms with E-state index < -0.39 is 11.5 Å². The zero-order valence-electron chi connectivity index (χ0n) is 8.97. The second kappa shape index (κ2) is 3.71. The summed E-state index contributed by atoms with van der Waals surface area (Å²) < 4.78 is 32.2. The number of halogens is 2. The quantitative estimate of drug-likeness (QED) is 0.667. The summed E-state index contributed by atoms with van der Waals surface area (Å²) >= 11 is 0. The number of alkyl halides is 1. The molecule has 0 saturated heterocycles. The third kappa shape index (κ3) is 1.68. The Morgan fingerprint density at radius 3 is 2.50 bits per heavy atom. The zero-order chi connectivity index (χ0) is 10.9. The summed E-state index contributed by atoms with van der Waals surface area (Å²) in [6.07, 6.45) is 2.85. The standard InChI is InChI=1S/C11H16F2O/c1-7(2)8-5-6-9(12)10(14-4)11(8,3)13/h5-8H,1-4H3. The van der Waals surface area contributed by atoms with E-state index in [-0.39, 0.29) is 17.6 Å². The molecule has 1 rings (SSSR count). The van der Waals surface area contributed by atoms with Crippen LogP contribution in [0.15, 0.2) is 23.7 Å². The highest BCUT2D eigenvalue weighted by molar-refractivity contribution is 5.30. The second-order valence-corrected chi connectivity index (χ2v) is 4.09. The van der Waals surface area contributed by atoms with E-state index in [4.69, 9.17) is 4.74 Å². The SMILES string of the molecule is COC1=C(F)C=CC(C(C)C)C1(C)F. The molecule has 0 N–H and O–H groups in total. The zero-order valence-corrected chi connectivity index (χ0v) is 8.97. The normalized spacial score (nSPS) is 32.6. The number of ether oxygens (including phenoxy) is 1. The molecule has 0 spiro atoms. The van der Waals surface area contributed by atoms with Gasteiger partial charge in [-0.15, -0.1) is 0 Å². The molecular weight excluding hydrogens is 186 g/mol. The lowest BCUT2D eigenvalue weighted by Gasteiger charge is -2.34. The van der Waals surface area contributed by atoms with Crippen molar-refractivity contribution < 1.29 is 13.5 Å². The molecule has 1 aliphatic rings. The summed E-state index contributed by atoms with van der Waals surface area (Å²) in [5.41, 5.74) is -1.75. The van der Waals surface area contributed by atoms with Crippen LogP contribution >= 0.6 is 0 Å². The number of methoxy groups -OCH3 is 1. The van der Waals surface area contributed by atoms with E-state index in [0.29, 0.717) is 0 Å². The van der Waals surface area contributed by atoms with Gasteiger partial charge in [-0.2, -0.15) is 0 Å². The lowest BCUT2D eigenvalue weighted by atomic mass is 9.78. The van der Waals surface area contributed by atoms with E-state index in [1.165, 1.54) is 20.1 Å². The minimum atomic E-state index is -1.75. The van der Waals surface area contributed by atoms with Gasteiger partial charge in [-0.1, -0.05) is 19.9 Å². The van der Waals surface area contributed by atoms with E-state index in [2.05, 4.69) is 0 Å². The van der Waals surface area contributed by atoms with Crippen LogP contribution in [0, 0.1) is 11.8 Å². The molecule has 14 heavy (non-hydrogen) atoms. The van der Waals surface area contributed by atoms with Crippen LogP contribution < -0.4 is 0 Å². The van der Waals surface area contributed by atoms with E-state index in [9.17, 15) is 8.78 Å². The van der Waals surface area contributed by atoms with Crippen molar-refractivity contribution in [3.05, 3.63) is 23.7 Å². The number of hydrogen-bond acceptors (Lipinski definition) is 1. The Kier molecular flexibility index (Phi) is 2.98. The molecule has 0 radical (unpaired) electrons. The molecule has 1 nitrogen and oxygen atoms in total. The molecule has 0 amide bonds. The molecule has 0 aliphatic heterocycles. The van der Waals surface area contributed by atoms with Gasteiger partial charge in [0.1, 0.15) is 0 Å². The van der Waals surface area contributed by atoms with Crippen LogP contribution in [-0.4, -0.2) is 12.8 Å². The van der Waals surface area contributed by atoms with Gasteiger partial charge in [0.05, 0.1) is 7.11 Å². The van der Waals surface area contributed by atoms with Gasteiger partial charge in [-0.25, -0.2) is 8.78 Å². The van der Waals surface area contributed by atoms with Crippen molar-refractivity contribution in [2.24, 2.45) is 11.8 Å². The molecular formula is C11H16F2O. The van der Waals surface area contributed by atoms with Crippen molar-refractivity contribution in [1.82, 2.24) is 0 Å². The van der Waals surface area contributed by atoms with Crippen molar-refractivity contribution >= 4 is 0 Å². The number of allylic oxidation sites excluding steroid dienone is 4. The first-order chi connectivity index (χ1) is 6.41. The fourth-order valence-electron chi connectivity index (χ4n) is 1.97. The maximum Gasteiger partial charge on any atom is 0.174 e. The Labute approximate surface area is 83.4 Å². The topological polar surface area (TPSA) is 9.23 Å². The molecule has 0 aromatic heterocycles. The van der Waals surface area contributed by atoms with Crippen molar-refractivity contribution in [2.45, 2.75) is 26.4 Å². The van der Waals surface area contributed by atoms with Crippen LogP contribution in [0.5, 0.6) is 0 Å². The highest BCUT2D eigenvalue weighted by atomic mass is 19.1. The maximum absolute atomic E-state index is 14.2. The van der Waals surface area contributed by atoms with Crippen LogP contribution in [0.25, 0.3) is 0 Å². The summed E-state index contributed by atoms with van der Waals surface area (Å²) in [5, 5.41) is 0. The van der Waals surface area contributed by atoms with Gasteiger partial charge in [0, 0.05) is 5.92 Å². The van der Waals surface area contributed by atoms with Gasteiger partial charge in [0.2, 0.25) is 0 Å². The highest BCUT2D eigenvalue weighted by Gasteiger charge is 2.43. The molecule has 80 valence electrons. The first-order valence-corrected chi connectivity index (χ1v) is 4.72. The molecule has 0 heterocycles. The van der Waals surface area contributed by atoms with E-state index in [1.54, 1.807) is 6.08 Å². The third-order valence-electron chi connectivity index (χ3n) is 2.66. The van der Waals surface area contributed by atoms with Crippen LogP contribution in [0.1, 0.15) is 20.8 Å². The summed E-state index contributed by atoms with van der Waals surface area (Å²) in [4.78, 5) is 0. The Morgan fingerprint density at radius 1 is 1.50 bits per heavy atom. The van der Waals surface area contributed by atoms with Gasteiger partial charge >= 0.3 is 0 Å². The molecule has 0 aromatic carbocycles. The first-order valence-electron chi connectivity index (χ1n) is 4.72. The van der Waals surface area contributed by atoms with E-state index in [0.717, 1.165) is 0 Å². The summed E-state index contributed by atoms with van der Waals surface area (Å²) in [7, 11) is 1.29.